The number of ketones is 1. The number of nitrogens with zero attached hydrogens (tertiary/aromatic N) is 2. The zero-order chi connectivity index (χ0) is 18.6. The van der Waals surface area contributed by atoms with Crippen molar-refractivity contribution in [2.24, 2.45) is 4.99 Å². The van der Waals surface area contributed by atoms with Crippen LogP contribution in [0, 0.1) is 10.1 Å². The van der Waals surface area contributed by atoms with Gasteiger partial charge in [-0.05, 0) is 12.1 Å². The third-order valence-corrected chi connectivity index (χ3v) is 4.07. The third kappa shape index (κ3) is 3.27. The number of hydrogen-bond donors (Lipinski definition) is 1. The lowest BCUT2D eigenvalue weighted by molar-refractivity contribution is -0.535. The van der Waals surface area contributed by atoms with Gasteiger partial charge in [-0.15, -0.1) is 0 Å². The van der Waals surface area contributed by atoms with Crippen molar-refractivity contribution in [2.45, 2.75) is 12.0 Å². The summed E-state index contributed by atoms with van der Waals surface area (Å²) in [4.78, 5) is 40.3. The van der Waals surface area contributed by atoms with Gasteiger partial charge >= 0.3 is 11.4 Å². The van der Waals surface area contributed by atoms with Crippen molar-refractivity contribution < 1.29 is 14.5 Å². The SMILES string of the molecule is O=C(C1=NC=CC(C(=O)Nc2ccccc2)([N+](=O)[O-])C1)c1ccccc1. The Hall–Kier alpha value is -3.61. The first kappa shape index (κ1) is 17.2. The van der Waals surface area contributed by atoms with Crippen molar-refractivity contribution in [2.75, 3.05) is 5.32 Å². The van der Waals surface area contributed by atoms with Gasteiger partial charge in [0.15, 0.2) is 0 Å². The van der Waals surface area contributed by atoms with Gasteiger partial charge < -0.3 is 5.32 Å². The first-order chi connectivity index (χ1) is 12.5. The largest absolute Gasteiger partial charge is 0.324 e. The first-order valence-electron chi connectivity index (χ1n) is 7.88. The van der Waals surface area contributed by atoms with Crippen LogP contribution in [0.1, 0.15) is 16.8 Å². The molecule has 0 aliphatic carbocycles. The Morgan fingerprint density at radius 1 is 1.04 bits per heavy atom. The quantitative estimate of drug-likeness (QED) is 0.509. The molecule has 0 saturated heterocycles. The molecule has 1 aliphatic heterocycles. The summed E-state index contributed by atoms with van der Waals surface area (Å²) in [5, 5.41) is 14.3. The summed E-state index contributed by atoms with van der Waals surface area (Å²) in [6.07, 6.45) is 1.85. The molecule has 0 aromatic heterocycles. The number of nitro groups is 1. The zero-order valence-electron chi connectivity index (χ0n) is 13.7. The molecule has 3 rings (SSSR count). The lowest BCUT2D eigenvalue weighted by Crippen LogP contribution is -2.51. The number of carbonyl (C=O) groups is 2. The van der Waals surface area contributed by atoms with Crippen LogP contribution >= 0.6 is 0 Å². The van der Waals surface area contributed by atoms with E-state index in [2.05, 4.69) is 10.3 Å². The van der Waals surface area contributed by atoms with Gasteiger partial charge in [-0.2, -0.15) is 0 Å². The second-order valence-electron chi connectivity index (χ2n) is 5.76. The molecule has 7 heteroatoms. The summed E-state index contributed by atoms with van der Waals surface area (Å²) >= 11 is 0. The van der Waals surface area contributed by atoms with Gasteiger partial charge in [-0.3, -0.25) is 24.7 Å². The minimum atomic E-state index is -2.09. The van der Waals surface area contributed by atoms with E-state index in [4.69, 9.17) is 0 Å². The van der Waals surface area contributed by atoms with Crippen molar-refractivity contribution >= 4 is 23.1 Å². The Bertz CT molecular complexity index is 907. The fraction of sp³-hybridized carbons (Fsp3) is 0.105. The lowest BCUT2D eigenvalue weighted by Gasteiger charge is -2.23. The topological polar surface area (TPSA) is 102 Å². The molecule has 0 radical (unpaired) electrons. The molecule has 130 valence electrons. The Kier molecular flexibility index (Phi) is 4.70. The van der Waals surface area contributed by atoms with Gasteiger partial charge in [-0.1, -0.05) is 48.5 Å². The number of carbonyl (C=O) groups excluding carboxylic acids is 2. The Labute approximate surface area is 149 Å². The highest BCUT2D eigenvalue weighted by atomic mass is 16.6. The van der Waals surface area contributed by atoms with Gasteiger partial charge in [0.25, 0.3) is 0 Å². The van der Waals surface area contributed by atoms with Crippen molar-refractivity contribution in [1.82, 2.24) is 0 Å². The smallest absolute Gasteiger partial charge is 0.320 e. The average Bonchev–Trinajstić information content (AvgIpc) is 2.68. The first-order valence-corrected chi connectivity index (χ1v) is 7.88. The minimum absolute atomic E-state index is 0.0291. The van der Waals surface area contributed by atoms with Crippen LogP contribution in [-0.4, -0.2) is 27.9 Å². The van der Waals surface area contributed by atoms with Crippen LogP contribution in [0.4, 0.5) is 5.69 Å². The van der Waals surface area contributed by atoms with Crippen LogP contribution in [0.5, 0.6) is 0 Å². The normalized spacial score (nSPS) is 18.7. The maximum atomic E-state index is 12.7. The number of para-hydroxylation sites is 1. The number of hydrogen-bond acceptors (Lipinski definition) is 5. The fourth-order valence-electron chi connectivity index (χ4n) is 2.63. The summed E-state index contributed by atoms with van der Waals surface area (Å²) in [6, 6.07) is 16.8. The van der Waals surface area contributed by atoms with Gasteiger partial charge in [0.2, 0.25) is 5.78 Å². The molecular weight excluding hydrogens is 334 g/mol. The van der Waals surface area contributed by atoms with E-state index in [1.54, 1.807) is 60.7 Å². The van der Waals surface area contributed by atoms with E-state index in [1.165, 1.54) is 0 Å². The predicted octanol–water partition coefficient (Wildman–Crippen LogP) is 2.88. The summed E-state index contributed by atoms with van der Waals surface area (Å²) < 4.78 is 0. The number of amides is 1. The summed E-state index contributed by atoms with van der Waals surface area (Å²) in [6.45, 7) is 0. The lowest BCUT2D eigenvalue weighted by atomic mass is 9.87. The summed E-state index contributed by atoms with van der Waals surface area (Å²) in [5.74, 6) is -1.26. The fourth-order valence-corrected chi connectivity index (χ4v) is 2.63. The zero-order valence-corrected chi connectivity index (χ0v) is 13.7. The van der Waals surface area contributed by atoms with E-state index in [0.717, 1.165) is 12.3 Å². The van der Waals surface area contributed by atoms with Gasteiger partial charge in [0.1, 0.15) is 0 Å². The van der Waals surface area contributed by atoms with E-state index in [1.807, 2.05) is 0 Å². The molecule has 0 saturated carbocycles. The minimum Gasteiger partial charge on any atom is -0.320 e. The highest BCUT2D eigenvalue weighted by Gasteiger charge is 2.52. The van der Waals surface area contributed by atoms with Gasteiger partial charge in [-0.25, -0.2) is 0 Å². The number of Topliss-reactive ketones (excluding diaryl/α,β-unsaturated/α-hetero) is 1. The highest BCUT2D eigenvalue weighted by Crippen LogP contribution is 2.25. The molecule has 1 N–H and O–H groups in total. The number of nitrogens with one attached hydrogen (secondary N) is 1. The second-order valence-corrected chi connectivity index (χ2v) is 5.76. The predicted molar refractivity (Wildman–Crippen MR) is 96.8 cm³/mol. The highest BCUT2D eigenvalue weighted by molar-refractivity contribution is 6.46. The van der Waals surface area contributed by atoms with E-state index in [-0.39, 0.29) is 5.71 Å². The molecule has 1 unspecified atom stereocenters. The van der Waals surface area contributed by atoms with Crippen molar-refractivity contribution in [1.29, 1.82) is 0 Å². The van der Waals surface area contributed by atoms with Crippen LogP contribution < -0.4 is 5.32 Å². The monoisotopic (exact) mass is 349 g/mol. The van der Waals surface area contributed by atoms with Crippen LogP contribution in [0.2, 0.25) is 0 Å². The molecule has 26 heavy (non-hydrogen) atoms. The summed E-state index contributed by atoms with van der Waals surface area (Å²) in [5.41, 5.74) is -1.32. The van der Waals surface area contributed by atoms with Gasteiger partial charge in [0.05, 0.1) is 12.1 Å². The number of benzene rings is 2. The number of rotatable bonds is 5. The molecule has 7 nitrogen and oxygen atoms in total. The Balaban J connectivity index is 1.88. The molecule has 2 aromatic rings. The molecule has 1 heterocycles. The Morgan fingerprint density at radius 2 is 1.65 bits per heavy atom. The molecule has 1 aliphatic rings. The molecule has 2 aromatic carbocycles. The van der Waals surface area contributed by atoms with E-state index < -0.39 is 28.6 Å². The number of anilines is 1. The van der Waals surface area contributed by atoms with E-state index in [0.29, 0.717) is 11.3 Å². The molecule has 1 amide bonds. The van der Waals surface area contributed by atoms with E-state index in [9.17, 15) is 19.7 Å². The maximum Gasteiger partial charge on any atom is 0.324 e. The standard InChI is InChI=1S/C19H15N3O4/c23-17(14-7-3-1-4-8-14)16-13-19(22(25)26,11-12-20-16)18(24)21-15-9-5-2-6-10-15/h1-12H,13H2,(H,21,24). The molecule has 0 bridgehead atoms. The van der Waals surface area contributed by atoms with Crippen LogP contribution in [-0.2, 0) is 4.79 Å². The maximum absolute atomic E-state index is 12.7. The van der Waals surface area contributed by atoms with Crippen LogP contribution in [0.3, 0.4) is 0 Å². The van der Waals surface area contributed by atoms with Crippen LogP contribution in [0.25, 0.3) is 0 Å². The van der Waals surface area contributed by atoms with Crippen molar-refractivity contribution in [3.8, 4) is 0 Å². The van der Waals surface area contributed by atoms with Crippen molar-refractivity contribution in [3.05, 3.63) is 88.6 Å². The molecule has 0 spiro atoms. The van der Waals surface area contributed by atoms with E-state index >= 15 is 0 Å². The molecule has 0 fully saturated rings. The average molecular weight is 349 g/mol. The molecule has 1 atom stereocenters. The van der Waals surface area contributed by atoms with Crippen molar-refractivity contribution in [3.63, 3.8) is 0 Å². The van der Waals surface area contributed by atoms with Gasteiger partial charge in [0, 0.05) is 28.5 Å². The van der Waals surface area contributed by atoms with Crippen LogP contribution in [0.15, 0.2) is 77.9 Å². The summed E-state index contributed by atoms with van der Waals surface area (Å²) in [7, 11) is 0. The number of aliphatic imine (C=N–C) groups is 1. The third-order valence-electron chi connectivity index (χ3n) is 4.07. The molecular formula is C19H15N3O4. The Morgan fingerprint density at radius 3 is 2.27 bits per heavy atom. The second kappa shape index (κ2) is 7.10.